The van der Waals surface area contributed by atoms with Crippen LogP contribution in [-0.4, -0.2) is 22.1 Å². The summed E-state index contributed by atoms with van der Waals surface area (Å²) in [5.74, 6) is 0.792. The molecule has 1 aromatic carbocycles. The lowest BCUT2D eigenvalue weighted by Crippen LogP contribution is -2.34. The molecule has 0 saturated carbocycles. The molecular formula is C22H27N3O2. The highest BCUT2D eigenvalue weighted by Gasteiger charge is 2.20. The van der Waals surface area contributed by atoms with Gasteiger partial charge in [0.1, 0.15) is 5.76 Å². The normalized spacial score (nSPS) is 15.4. The molecule has 1 atom stereocenters. The van der Waals surface area contributed by atoms with Gasteiger partial charge in [-0.3, -0.25) is 4.79 Å². The van der Waals surface area contributed by atoms with Crippen LogP contribution >= 0.6 is 0 Å². The number of carbonyl (C=O) groups excluding carboxylic acids is 1. The van der Waals surface area contributed by atoms with E-state index in [1.165, 1.54) is 35.9 Å². The molecule has 2 aromatic heterocycles. The van der Waals surface area contributed by atoms with Gasteiger partial charge in [-0.05, 0) is 64.5 Å². The summed E-state index contributed by atoms with van der Waals surface area (Å²) in [6.07, 6.45) is 6.62. The van der Waals surface area contributed by atoms with Crippen LogP contribution in [0.15, 0.2) is 22.7 Å². The minimum atomic E-state index is -0.0312. The highest BCUT2D eigenvalue weighted by molar-refractivity contribution is 6.06. The fourth-order valence-electron chi connectivity index (χ4n) is 4.25. The number of aryl methyl sites for hydroxylation is 4. The number of aromatic amines is 1. The third kappa shape index (κ3) is 3.38. The van der Waals surface area contributed by atoms with Crippen LogP contribution in [-0.2, 0) is 19.3 Å². The van der Waals surface area contributed by atoms with E-state index in [9.17, 15) is 4.79 Å². The van der Waals surface area contributed by atoms with Crippen molar-refractivity contribution in [1.82, 2.24) is 15.5 Å². The van der Waals surface area contributed by atoms with Crippen molar-refractivity contribution >= 4 is 16.8 Å². The summed E-state index contributed by atoms with van der Waals surface area (Å²) in [5, 5.41) is 8.35. The van der Waals surface area contributed by atoms with Gasteiger partial charge in [0.2, 0.25) is 0 Å². The Kier molecular flexibility index (Phi) is 4.77. The number of fused-ring (bicyclic) bond motifs is 3. The van der Waals surface area contributed by atoms with Crippen LogP contribution in [0.4, 0.5) is 0 Å². The van der Waals surface area contributed by atoms with Crippen LogP contribution in [0, 0.1) is 13.8 Å². The fourth-order valence-corrected chi connectivity index (χ4v) is 4.25. The first-order valence-electron chi connectivity index (χ1n) is 9.89. The maximum absolute atomic E-state index is 13.0. The van der Waals surface area contributed by atoms with Gasteiger partial charge < -0.3 is 14.8 Å². The van der Waals surface area contributed by atoms with Gasteiger partial charge in [-0.1, -0.05) is 23.7 Å². The lowest BCUT2D eigenvalue weighted by molar-refractivity contribution is 0.0941. The molecule has 0 bridgehead atoms. The topological polar surface area (TPSA) is 70.9 Å². The number of benzene rings is 1. The van der Waals surface area contributed by atoms with Gasteiger partial charge in [0.05, 0.1) is 16.8 Å². The van der Waals surface area contributed by atoms with Crippen molar-refractivity contribution in [3.05, 3.63) is 52.0 Å². The summed E-state index contributed by atoms with van der Waals surface area (Å²) in [6.45, 7) is 5.87. The second-order valence-electron chi connectivity index (χ2n) is 7.75. The van der Waals surface area contributed by atoms with E-state index >= 15 is 0 Å². The number of H-pyrrole nitrogens is 1. The van der Waals surface area contributed by atoms with Gasteiger partial charge in [0.15, 0.2) is 0 Å². The molecule has 0 spiro atoms. The zero-order valence-corrected chi connectivity index (χ0v) is 16.3. The molecular weight excluding hydrogens is 338 g/mol. The number of aromatic nitrogens is 2. The second kappa shape index (κ2) is 7.22. The van der Waals surface area contributed by atoms with E-state index in [0.717, 1.165) is 40.9 Å². The van der Waals surface area contributed by atoms with Gasteiger partial charge in [-0.2, -0.15) is 0 Å². The van der Waals surface area contributed by atoms with Gasteiger partial charge in [-0.25, -0.2) is 0 Å². The molecule has 1 amide bonds. The van der Waals surface area contributed by atoms with Crippen LogP contribution < -0.4 is 5.32 Å². The quantitative estimate of drug-likeness (QED) is 0.673. The summed E-state index contributed by atoms with van der Waals surface area (Å²) in [5.41, 5.74) is 6.39. The average molecular weight is 365 g/mol. The molecule has 5 heteroatoms. The Balaban J connectivity index is 1.57. The lowest BCUT2D eigenvalue weighted by Gasteiger charge is -2.14. The van der Waals surface area contributed by atoms with Crippen LogP contribution in [0.25, 0.3) is 10.9 Å². The summed E-state index contributed by atoms with van der Waals surface area (Å²) in [4.78, 5) is 16.5. The maximum atomic E-state index is 13.0. The van der Waals surface area contributed by atoms with Gasteiger partial charge >= 0.3 is 0 Å². The number of nitrogens with one attached hydrogen (secondary N) is 2. The van der Waals surface area contributed by atoms with Crippen molar-refractivity contribution in [2.75, 3.05) is 0 Å². The Bertz CT molecular complexity index is 964. The summed E-state index contributed by atoms with van der Waals surface area (Å²) < 4.78 is 5.23. The molecule has 2 N–H and O–H groups in total. The van der Waals surface area contributed by atoms with Crippen LogP contribution in [0.1, 0.15) is 64.8 Å². The monoisotopic (exact) mass is 365 g/mol. The van der Waals surface area contributed by atoms with Crippen LogP contribution in [0.3, 0.4) is 0 Å². The first-order valence-corrected chi connectivity index (χ1v) is 9.89. The number of nitrogens with zero attached hydrogens (tertiary/aromatic N) is 1. The molecule has 142 valence electrons. The molecule has 27 heavy (non-hydrogen) atoms. The molecule has 5 nitrogen and oxygen atoms in total. The minimum absolute atomic E-state index is 0.00246. The zero-order valence-electron chi connectivity index (χ0n) is 16.3. The molecule has 3 aromatic rings. The maximum Gasteiger partial charge on any atom is 0.253 e. The molecule has 4 rings (SSSR count). The number of para-hydroxylation sites is 1. The van der Waals surface area contributed by atoms with Gasteiger partial charge in [0, 0.05) is 22.7 Å². The standard InChI is InChI=1S/C22H27N3O2/c1-13(12-19-14(2)25-27-15(19)3)23-22(26)18-10-7-9-17-16-8-5-4-6-11-20(16)24-21(17)18/h7,9-10,13,24H,4-6,8,11-12H2,1-3H3,(H,23,26). The predicted octanol–water partition coefficient (Wildman–Crippen LogP) is 4.40. The Labute approximate surface area is 159 Å². The second-order valence-corrected chi connectivity index (χ2v) is 7.75. The fraction of sp³-hybridized carbons (Fsp3) is 0.455. The molecule has 2 heterocycles. The molecule has 0 radical (unpaired) electrons. The number of hydrogen-bond acceptors (Lipinski definition) is 3. The summed E-state index contributed by atoms with van der Waals surface area (Å²) in [6, 6.07) is 6.04. The molecule has 1 aliphatic rings. The number of amides is 1. The van der Waals surface area contributed by atoms with Crippen molar-refractivity contribution < 1.29 is 9.32 Å². The molecule has 0 aliphatic heterocycles. The number of carbonyl (C=O) groups is 1. The lowest BCUT2D eigenvalue weighted by atomic mass is 10.0. The van der Waals surface area contributed by atoms with Gasteiger partial charge in [-0.15, -0.1) is 0 Å². The smallest absolute Gasteiger partial charge is 0.253 e. The Morgan fingerprint density at radius 2 is 2.07 bits per heavy atom. The Morgan fingerprint density at radius 1 is 1.26 bits per heavy atom. The van der Waals surface area contributed by atoms with E-state index in [1.807, 2.05) is 32.9 Å². The molecule has 0 fully saturated rings. The highest BCUT2D eigenvalue weighted by atomic mass is 16.5. The Hall–Kier alpha value is -2.56. The van der Waals surface area contributed by atoms with E-state index in [0.29, 0.717) is 6.42 Å². The van der Waals surface area contributed by atoms with E-state index < -0.39 is 0 Å². The van der Waals surface area contributed by atoms with Crippen LogP contribution in [0.2, 0.25) is 0 Å². The number of hydrogen-bond donors (Lipinski definition) is 2. The predicted molar refractivity (Wildman–Crippen MR) is 106 cm³/mol. The number of rotatable bonds is 4. The largest absolute Gasteiger partial charge is 0.361 e. The SMILES string of the molecule is Cc1noc(C)c1CC(C)NC(=O)c1cccc2c3c([nH]c12)CCCCC3. The highest BCUT2D eigenvalue weighted by Crippen LogP contribution is 2.30. The molecule has 1 unspecified atom stereocenters. The first kappa shape index (κ1) is 17.8. The van der Waals surface area contributed by atoms with Gasteiger partial charge in [0.25, 0.3) is 5.91 Å². The van der Waals surface area contributed by atoms with E-state index in [-0.39, 0.29) is 11.9 Å². The van der Waals surface area contributed by atoms with E-state index in [1.54, 1.807) is 0 Å². The van der Waals surface area contributed by atoms with Crippen LogP contribution in [0.5, 0.6) is 0 Å². The summed E-state index contributed by atoms with van der Waals surface area (Å²) >= 11 is 0. The van der Waals surface area contributed by atoms with Crippen molar-refractivity contribution in [3.63, 3.8) is 0 Å². The first-order chi connectivity index (χ1) is 13.0. The van der Waals surface area contributed by atoms with Crippen molar-refractivity contribution in [2.45, 2.75) is 65.3 Å². The van der Waals surface area contributed by atoms with Crippen molar-refractivity contribution in [3.8, 4) is 0 Å². The summed E-state index contributed by atoms with van der Waals surface area (Å²) in [7, 11) is 0. The molecule has 0 saturated heterocycles. The minimum Gasteiger partial charge on any atom is -0.361 e. The van der Waals surface area contributed by atoms with Crippen molar-refractivity contribution in [1.29, 1.82) is 0 Å². The Morgan fingerprint density at radius 3 is 2.85 bits per heavy atom. The third-order valence-corrected chi connectivity index (χ3v) is 5.70. The zero-order chi connectivity index (χ0) is 19.0. The molecule has 1 aliphatic carbocycles. The third-order valence-electron chi connectivity index (χ3n) is 5.70. The van der Waals surface area contributed by atoms with E-state index in [4.69, 9.17) is 4.52 Å². The average Bonchev–Trinajstić information content (AvgIpc) is 3.05. The van der Waals surface area contributed by atoms with E-state index in [2.05, 4.69) is 21.5 Å². The van der Waals surface area contributed by atoms with Crippen molar-refractivity contribution in [2.24, 2.45) is 0 Å².